The Bertz CT molecular complexity index is 985. The summed E-state index contributed by atoms with van der Waals surface area (Å²) in [6, 6.07) is 16.1. The van der Waals surface area contributed by atoms with Crippen molar-refractivity contribution >= 4 is 39.3 Å². The summed E-state index contributed by atoms with van der Waals surface area (Å²) in [4.78, 5) is 12.4. The van der Waals surface area contributed by atoms with E-state index in [0.29, 0.717) is 11.7 Å². The van der Waals surface area contributed by atoms with Gasteiger partial charge in [-0.1, -0.05) is 58.0 Å². The molecule has 0 radical (unpaired) electrons. The van der Waals surface area contributed by atoms with Crippen LogP contribution in [-0.4, -0.2) is 26.4 Å². The second-order valence-electron chi connectivity index (χ2n) is 6.99. The van der Waals surface area contributed by atoms with Crippen LogP contribution in [0.4, 0.5) is 5.69 Å². The standard InChI is InChI=1S/C21H21BrN4OS/c1-14-11-17(9-10-18(14)22)23-19(27)13-28-21-25-24-20(16-7-8-16)26(21)12-15-5-3-2-4-6-15/h2-6,9-11,16H,7-8,12-13H2,1H3,(H,23,27). The number of carbonyl (C=O) groups is 1. The zero-order valence-electron chi connectivity index (χ0n) is 15.6. The number of hydrogen-bond donors (Lipinski definition) is 1. The van der Waals surface area contributed by atoms with Crippen molar-refractivity contribution in [2.75, 3.05) is 11.1 Å². The number of benzene rings is 2. The van der Waals surface area contributed by atoms with E-state index in [4.69, 9.17) is 0 Å². The molecule has 1 saturated carbocycles. The van der Waals surface area contributed by atoms with Crippen molar-refractivity contribution in [3.8, 4) is 0 Å². The number of rotatable bonds is 7. The number of nitrogens with one attached hydrogen (secondary N) is 1. The minimum Gasteiger partial charge on any atom is -0.325 e. The Hall–Kier alpha value is -2.12. The largest absolute Gasteiger partial charge is 0.325 e. The van der Waals surface area contributed by atoms with Crippen LogP contribution in [0.15, 0.2) is 58.2 Å². The van der Waals surface area contributed by atoms with Crippen molar-refractivity contribution in [1.82, 2.24) is 14.8 Å². The number of amides is 1. The van der Waals surface area contributed by atoms with E-state index in [9.17, 15) is 4.79 Å². The van der Waals surface area contributed by atoms with Crippen LogP contribution in [0.3, 0.4) is 0 Å². The van der Waals surface area contributed by atoms with Crippen molar-refractivity contribution in [3.05, 3.63) is 70.0 Å². The lowest BCUT2D eigenvalue weighted by atomic mass is 10.2. The van der Waals surface area contributed by atoms with E-state index in [1.165, 1.54) is 30.2 Å². The number of carbonyl (C=O) groups excluding carboxylic acids is 1. The van der Waals surface area contributed by atoms with E-state index in [2.05, 4.69) is 48.1 Å². The average Bonchev–Trinajstić information content (AvgIpc) is 3.46. The molecular weight excluding hydrogens is 436 g/mol. The molecule has 0 saturated heterocycles. The molecule has 1 fully saturated rings. The maximum absolute atomic E-state index is 12.4. The maximum Gasteiger partial charge on any atom is 0.234 e. The molecule has 0 spiro atoms. The van der Waals surface area contributed by atoms with E-state index in [0.717, 1.165) is 33.2 Å². The number of thioether (sulfide) groups is 1. The predicted octanol–water partition coefficient (Wildman–Crippen LogP) is 5.01. The molecule has 7 heteroatoms. The fraction of sp³-hybridized carbons (Fsp3) is 0.286. The summed E-state index contributed by atoms with van der Waals surface area (Å²) < 4.78 is 3.19. The molecule has 1 aromatic heterocycles. The number of halogens is 1. The van der Waals surface area contributed by atoms with E-state index >= 15 is 0 Å². The molecule has 1 aliphatic rings. The van der Waals surface area contributed by atoms with Gasteiger partial charge < -0.3 is 9.88 Å². The van der Waals surface area contributed by atoms with Gasteiger partial charge in [-0.05, 0) is 49.1 Å². The van der Waals surface area contributed by atoms with Gasteiger partial charge in [-0.3, -0.25) is 4.79 Å². The smallest absolute Gasteiger partial charge is 0.234 e. The van der Waals surface area contributed by atoms with Gasteiger partial charge in [0, 0.05) is 16.1 Å². The second kappa shape index (κ2) is 8.49. The van der Waals surface area contributed by atoms with Gasteiger partial charge >= 0.3 is 0 Å². The quantitative estimate of drug-likeness (QED) is 0.507. The Morgan fingerprint density at radius 3 is 2.71 bits per heavy atom. The Morgan fingerprint density at radius 2 is 2.00 bits per heavy atom. The summed E-state index contributed by atoms with van der Waals surface area (Å²) in [7, 11) is 0. The van der Waals surface area contributed by atoms with Gasteiger partial charge in [0.2, 0.25) is 5.91 Å². The van der Waals surface area contributed by atoms with Crippen LogP contribution in [0.5, 0.6) is 0 Å². The van der Waals surface area contributed by atoms with Crippen molar-refractivity contribution in [2.45, 2.75) is 37.4 Å². The highest BCUT2D eigenvalue weighted by Gasteiger charge is 2.30. The third-order valence-corrected chi connectivity index (χ3v) is 6.50. The molecule has 1 aliphatic carbocycles. The number of nitrogens with zero attached hydrogens (tertiary/aromatic N) is 3. The molecule has 0 atom stereocenters. The topological polar surface area (TPSA) is 59.8 Å². The van der Waals surface area contributed by atoms with Gasteiger partial charge in [0.15, 0.2) is 5.16 Å². The number of aryl methyl sites for hydroxylation is 1. The lowest BCUT2D eigenvalue weighted by Crippen LogP contribution is -2.15. The monoisotopic (exact) mass is 456 g/mol. The SMILES string of the molecule is Cc1cc(NC(=O)CSc2nnc(C3CC3)n2Cc2ccccc2)ccc1Br. The molecule has 1 heterocycles. The zero-order chi connectivity index (χ0) is 19.5. The lowest BCUT2D eigenvalue weighted by Gasteiger charge is -2.10. The predicted molar refractivity (Wildman–Crippen MR) is 116 cm³/mol. The van der Waals surface area contributed by atoms with Crippen molar-refractivity contribution < 1.29 is 4.79 Å². The first-order chi connectivity index (χ1) is 13.6. The van der Waals surface area contributed by atoms with Crippen LogP contribution >= 0.6 is 27.7 Å². The summed E-state index contributed by atoms with van der Waals surface area (Å²) in [6.45, 7) is 2.73. The number of anilines is 1. The summed E-state index contributed by atoms with van der Waals surface area (Å²) in [6.07, 6.45) is 2.34. The lowest BCUT2D eigenvalue weighted by molar-refractivity contribution is -0.113. The molecule has 0 aliphatic heterocycles. The normalized spacial score (nSPS) is 13.5. The fourth-order valence-electron chi connectivity index (χ4n) is 3.01. The Balaban J connectivity index is 1.44. The summed E-state index contributed by atoms with van der Waals surface area (Å²) >= 11 is 4.91. The van der Waals surface area contributed by atoms with Gasteiger partial charge in [0.25, 0.3) is 0 Å². The summed E-state index contributed by atoms with van der Waals surface area (Å²) in [5.41, 5.74) is 3.10. The molecule has 3 aromatic rings. The van der Waals surface area contributed by atoms with Crippen molar-refractivity contribution in [1.29, 1.82) is 0 Å². The van der Waals surface area contributed by atoms with Gasteiger partial charge in [0.1, 0.15) is 5.82 Å². The molecule has 144 valence electrons. The first-order valence-electron chi connectivity index (χ1n) is 9.26. The van der Waals surface area contributed by atoms with Crippen LogP contribution in [0.1, 0.15) is 35.7 Å². The van der Waals surface area contributed by atoms with Crippen LogP contribution in [0, 0.1) is 6.92 Å². The highest BCUT2D eigenvalue weighted by Crippen LogP contribution is 2.40. The third-order valence-electron chi connectivity index (χ3n) is 4.65. The van der Waals surface area contributed by atoms with E-state index < -0.39 is 0 Å². The molecule has 28 heavy (non-hydrogen) atoms. The Labute approximate surface area is 177 Å². The van der Waals surface area contributed by atoms with Crippen molar-refractivity contribution in [2.24, 2.45) is 0 Å². The highest BCUT2D eigenvalue weighted by molar-refractivity contribution is 9.10. The molecule has 0 unspecified atom stereocenters. The van der Waals surface area contributed by atoms with E-state index in [-0.39, 0.29) is 5.91 Å². The molecule has 4 rings (SSSR count). The fourth-order valence-corrected chi connectivity index (χ4v) is 4.01. The highest BCUT2D eigenvalue weighted by atomic mass is 79.9. The van der Waals surface area contributed by atoms with Gasteiger partial charge in [-0.2, -0.15) is 0 Å². The maximum atomic E-state index is 12.4. The van der Waals surface area contributed by atoms with Crippen LogP contribution in [0.2, 0.25) is 0 Å². The Morgan fingerprint density at radius 1 is 1.21 bits per heavy atom. The Kier molecular flexibility index (Phi) is 5.82. The van der Waals surface area contributed by atoms with Crippen molar-refractivity contribution in [3.63, 3.8) is 0 Å². The molecule has 5 nitrogen and oxygen atoms in total. The third kappa shape index (κ3) is 4.64. The molecule has 2 aromatic carbocycles. The average molecular weight is 457 g/mol. The summed E-state index contributed by atoms with van der Waals surface area (Å²) in [5.74, 6) is 1.79. The molecule has 1 N–H and O–H groups in total. The van der Waals surface area contributed by atoms with Gasteiger partial charge in [0.05, 0.1) is 12.3 Å². The first kappa shape index (κ1) is 19.2. The molecule has 0 bridgehead atoms. The minimum atomic E-state index is -0.0473. The number of aromatic nitrogens is 3. The van der Waals surface area contributed by atoms with Crippen LogP contribution in [-0.2, 0) is 11.3 Å². The molecule has 1 amide bonds. The number of hydrogen-bond acceptors (Lipinski definition) is 4. The minimum absolute atomic E-state index is 0.0473. The van der Waals surface area contributed by atoms with Gasteiger partial charge in [-0.25, -0.2) is 0 Å². The van der Waals surface area contributed by atoms with Crippen LogP contribution in [0.25, 0.3) is 0 Å². The van der Waals surface area contributed by atoms with Gasteiger partial charge in [-0.15, -0.1) is 10.2 Å². The van der Waals surface area contributed by atoms with E-state index in [1.54, 1.807) is 0 Å². The summed E-state index contributed by atoms with van der Waals surface area (Å²) in [5, 5.41) is 12.5. The second-order valence-corrected chi connectivity index (χ2v) is 8.78. The first-order valence-corrected chi connectivity index (χ1v) is 11.0. The zero-order valence-corrected chi connectivity index (χ0v) is 18.0. The van der Waals surface area contributed by atoms with E-state index in [1.807, 2.05) is 43.3 Å². The molecular formula is C21H21BrN4OS. The van der Waals surface area contributed by atoms with Crippen LogP contribution < -0.4 is 5.32 Å².